The van der Waals surface area contributed by atoms with Crippen molar-refractivity contribution in [1.82, 2.24) is 9.88 Å². The van der Waals surface area contributed by atoms with Crippen LogP contribution in [0, 0.1) is 0 Å². The Hall–Kier alpha value is -3.34. The molecule has 0 spiro atoms. The number of hydrogen-bond acceptors (Lipinski definition) is 3. The predicted molar refractivity (Wildman–Crippen MR) is 104 cm³/mol. The van der Waals surface area contributed by atoms with Gasteiger partial charge in [-0.2, -0.15) is 0 Å². The summed E-state index contributed by atoms with van der Waals surface area (Å²) >= 11 is 0. The van der Waals surface area contributed by atoms with Crippen LogP contribution in [0.25, 0.3) is 21.9 Å². The number of carbonyl (C=O) groups is 1. The van der Waals surface area contributed by atoms with Crippen molar-refractivity contribution in [3.63, 3.8) is 0 Å². The number of aromatic nitrogens is 1. The fourth-order valence-electron chi connectivity index (χ4n) is 3.52. The Balaban J connectivity index is 1.50. The summed E-state index contributed by atoms with van der Waals surface area (Å²) in [6.45, 7) is 0.483. The van der Waals surface area contributed by atoms with Crippen LogP contribution in [-0.2, 0) is 6.54 Å². The molecule has 0 aliphatic heterocycles. The van der Waals surface area contributed by atoms with E-state index in [0.29, 0.717) is 12.1 Å². The zero-order valence-corrected chi connectivity index (χ0v) is 14.6. The molecule has 4 aromatic rings. The first-order valence-corrected chi connectivity index (χ1v) is 9.09. The number of para-hydroxylation sites is 1. The molecule has 27 heavy (non-hydrogen) atoms. The SMILES string of the molecule is O=C(c1cc2ccccc2oc1=O)N(Cc1ccc2[nH]ccc2c1)C1CC1. The molecule has 5 heteroatoms. The fourth-order valence-corrected chi connectivity index (χ4v) is 3.52. The highest BCUT2D eigenvalue weighted by atomic mass is 16.4. The third-order valence-corrected chi connectivity index (χ3v) is 5.09. The van der Waals surface area contributed by atoms with E-state index in [0.717, 1.165) is 34.7 Å². The number of amides is 1. The molecule has 5 rings (SSSR count). The fraction of sp³-hybridized carbons (Fsp3) is 0.182. The zero-order valence-electron chi connectivity index (χ0n) is 14.6. The van der Waals surface area contributed by atoms with Gasteiger partial charge in [-0.15, -0.1) is 0 Å². The van der Waals surface area contributed by atoms with Crippen LogP contribution >= 0.6 is 0 Å². The van der Waals surface area contributed by atoms with Crippen LogP contribution < -0.4 is 5.63 Å². The lowest BCUT2D eigenvalue weighted by Gasteiger charge is -2.22. The van der Waals surface area contributed by atoms with Crippen molar-refractivity contribution in [3.8, 4) is 0 Å². The summed E-state index contributed by atoms with van der Waals surface area (Å²) < 4.78 is 5.35. The number of nitrogens with one attached hydrogen (secondary N) is 1. The van der Waals surface area contributed by atoms with Crippen molar-refractivity contribution in [2.45, 2.75) is 25.4 Å². The van der Waals surface area contributed by atoms with Crippen LogP contribution in [0.2, 0.25) is 0 Å². The third-order valence-electron chi connectivity index (χ3n) is 5.09. The number of benzene rings is 2. The molecule has 2 aromatic carbocycles. The number of carbonyl (C=O) groups excluding carboxylic acids is 1. The van der Waals surface area contributed by atoms with Crippen molar-refractivity contribution < 1.29 is 9.21 Å². The maximum atomic E-state index is 13.2. The van der Waals surface area contributed by atoms with Crippen molar-refractivity contribution >= 4 is 27.8 Å². The van der Waals surface area contributed by atoms with E-state index in [-0.39, 0.29) is 17.5 Å². The topological polar surface area (TPSA) is 66.3 Å². The molecule has 1 aliphatic carbocycles. The van der Waals surface area contributed by atoms with E-state index in [1.807, 2.05) is 36.5 Å². The lowest BCUT2D eigenvalue weighted by Crippen LogP contribution is -2.35. The largest absolute Gasteiger partial charge is 0.422 e. The molecule has 1 amide bonds. The lowest BCUT2D eigenvalue weighted by atomic mass is 10.1. The Morgan fingerprint density at radius 1 is 1.07 bits per heavy atom. The molecule has 1 fully saturated rings. The van der Waals surface area contributed by atoms with Gasteiger partial charge in [-0.05, 0) is 54.1 Å². The molecule has 0 atom stereocenters. The number of hydrogen-bond donors (Lipinski definition) is 1. The maximum Gasteiger partial charge on any atom is 0.349 e. The summed E-state index contributed by atoms with van der Waals surface area (Å²) in [6, 6.07) is 17.2. The molecule has 0 unspecified atom stereocenters. The van der Waals surface area contributed by atoms with Crippen molar-refractivity contribution in [2.24, 2.45) is 0 Å². The predicted octanol–water partition coefficient (Wildman–Crippen LogP) is 4.08. The molecule has 134 valence electrons. The Labute approximate surface area is 155 Å². The summed E-state index contributed by atoms with van der Waals surface area (Å²) in [7, 11) is 0. The van der Waals surface area contributed by atoms with Crippen molar-refractivity contribution in [1.29, 1.82) is 0 Å². The Morgan fingerprint density at radius 3 is 2.78 bits per heavy atom. The number of nitrogens with zero attached hydrogens (tertiary/aromatic N) is 1. The molecule has 2 heterocycles. The molecule has 0 radical (unpaired) electrons. The summed E-state index contributed by atoms with van der Waals surface area (Å²) in [5.74, 6) is -0.258. The van der Waals surface area contributed by atoms with Gasteiger partial charge in [0.2, 0.25) is 0 Å². The van der Waals surface area contributed by atoms with Gasteiger partial charge in [0.15, 0.2) is 0 Å². The van der Waals surface area contributed by atoms with E-state index >= 15 is 0 Å². The van der Waals surface area contributed by atoms with Crippen LogP contribution in [0.5, 0.6) is 0 Å². The molecule has 5 nitrogen and oxygen atoms in total. The number of aromatic amines is 1. The molecule has 1 aliphatic rings. The van der Waals surface area contributed by atoms with Crippen molar-refractivity contribution in [2.75, 3.05) is 0 Å². The highest BCUT2D eigenvalue weighted by Crippen LogP contribution is 2.30. The van der Waals surface area contributed by atoms with Gasteiger partial charge in [0.25, 0.3) is 5.91 Å². The maximum absolute atomic E-state index is 13.2. The van der Waals surface area contributed by atoms with Crippen molar-refractivity contribution in [3.05, 3.63) is 82.3 Å². The van der Waals surface area contributed by atoms with E-state index in [4.69, 9.17) is 4.42 Å². The van der Waals surface area contributed by atoms with E-state index in [1.54, 1.807) is 23.1 Å². The third kappa shape index (κ3) is 2.91. The van der Waals surface area contributed by atoms with Gasteiger partial charge < -0.3 is 14.3 Å². The average Bonchev–Trinajstić information content (AvgIpc) is 3.42. The first-order chi connectivity index (χ1) is 13.2. The molecular weight excluding hydrogens is 340 g/mol. The summed E-state index contributed by atoms with van der Waals surface area (Å²) in [4.78, 5) is 30.5. The van der Waals surface area contributed by atoms with Gasteiger partial charge in [0.05, 0.1) is 0 Å². The Bertz CT molecular complexity index is 1220. The second-order valence-corrected chi connectivity index (χ2v) is 7.05. The Kier molecular flexibility index (Phi) is 3.60. The number of fused-ring (bicyclic) bond motifs is 2. The monoisotopic (exact) mass is 358 g/mol. The van der Waals surface area contributed by atoms with E-state index in [2.05, 4.69) is 11.1 Å². The van der Waals surface area contributed by atoms with Gasteiger partial charge in [-0.1, -0.05) is 24.3 Å². The summed E-state index contributed by atoms with van der Waals surface area (Å²) in [5, 5.41) is 1.87. The first-order valence-electron chi connectivity index (χ1n) is 9.09. The van der Waals surface area contributed by atoms with E-state index < -0.39 is 5.63 Å². The van der Waals surface area contributed by atoms with Crippen LogP contribution in [0.4, 0.5) is 0 Å². The summed E-state index contributed by atoms with van der Waals surface area (Å²) in [6.07, 6.45) is 3.84. The highest BCUT2D eigenvalue weighted by molar-refractivity contribution is 5.97. The van der Waals surface area contributed by atoms with Gasteiger partial charge >= 0.3 is 5.63 Å². The highest BCUT2D eigenvalue weighted by Gasteiger charge is 2.34. The first kappa shape index (κ1) is 15.9. The molecule has 0 saturated heterocycles. The second kappa shape index (κ2) is 6.13. The van der Waals surface area contributed by atoms with Crippen LogP contribution in [0.1, 0.15) is 28.8 Å². The smallest absolute Gasteiger partial charge is 0.349 e. The normalized spacial score (nSPS) is 13.9. The zero-order chi connectivity index (χ0) is 18.4. The molecule has 0 bridgehead atoms. The molecule has 1 saturated carbocycles. The van der Waals surface area contributed by atoms with Crippen LogP contribution in [0.15, 0.2) is 70.0 Å². The lowest BCUT2D eigenvalue weighted by molar-refractivity contribution is 0.0726. The average molecular weight is 358 g/mol. The Morgan fingerprint density at radius 2 is 1.93 bits per heavy atom. The van der Waals surface area contributed by atoms with Gasteiger partial charge in [0, 0.05) is 29.7 Å². The van der Waals surface area contributed by atoms with E-state index in [9.17, 15) is 9.59 Å². The quantitative estimate of drug-likeness (QED) is 0.559. The standard InChI is InChI=1S/C22H18N2O3/c25-21(18-12-16-3-1-2-4-20(16)27-22(18)26)24(17-6-7-17)13-14-5-8-19-15(11-14)9-10-23-19/h1-5,8-12,17,23H,6-7,13H2. The van der Waals surface area contributed by atoms with Crippen LogP contribution in [0.3, 0.4) is 0 Å². The van der Waals surface area contributed by atoms with Gasteiger partial charge in [0.1, 0.15) is 11.1 Å². The molecule has 2 aromatic heterocycles. The molecule has 1 N–H and O–H groups in total. The minimum Gasteiger partial charge on any atom is -0.422 e. The number of H-pyrrole nitrogens is 1. The minimum absolute atomic E-state index is 0.100. The summed E-state index contributed by atoms with van der Waals surface area (Å²) in [5.41, 5.74) is 2.13. The molecular formula is C22H18N2O3. The second-order valence-electron chi connectivity index (χ2n) is 7.05. The van der Waals surface area contributed by atoms with Crippen LogP contribution in [-0.4, -0.2) is 21.8 Å². The number of rotatable bonds is 4. The minimum atomic E-state index is -0.578. The van der Waals surface area contributed by atoms with E-state index in [1.165, 1.54) is 0 Å². The van der Waals surface area contributed by atoms with Gasteiger partial charge in [-0.3, -0.25) is 4.79 Å². The van der Waals surface area contributed by atoms with Gasteiger partial charge in [-0.25, -0.2) is 4.79 Å².